The number of benzene rings is 2. The van der Waals surface area contributed by atoms with Crippen LogP contribution in [-0.4, -0.2) is 0 Å². The van der Waals surface area contributed by atoms with Gasteiger partial charge in [0.25, 0.3) is 0 Å². The molecular formula is C14H12Cl3N. The lowest BCUT2D eigenvalue weighted by Crippen LogP contribution is -2.00. The van der Waals surface area contributed by atoms with E-state index in [2.05, 4.69) is 5.32 Å². The molecule has 0 bridgehead atoms. The molecule has 0 spiro atoms. The first-order valence-corrected chi connectivity index (χ1v) is 6.63. The summed E-state index contributed by atoms with van der Waals surface area (Å²) in [6.45, 7) is 2.63. The Kier molecular flexibility index (Phi) is 4.39. The van der Waals surface area contributed by atoms with Crippen LogP contribution in [0.4, 0.5) is 5.69 Å². The minimum atomic E-state index is 0.651. The van der Waals surface area contributed by atoms with Gasteiger partial charge in [-0.2, -0.15) is 0 Å². The summed E-state index contributed by atoms with van der Waals surface area (Å²) in [6, 6.07) is 11.3. The average molecular weight is 301 g/mol. The number of rotatable bonds is 3. The summed E-state index contributed by atoms with van der Waals surface area (Å²) >= 11 is 18.1. The van der Waals surface area contributed by atoms with Gasteiger partial charge in [-0.3, -0.25) is 0 Å². The predicted octanol–water partition coefficient (Wildman–Crippen LogP) is 5.57. The van der Waals surface area contributed by atoms with Crippen molar-refractivity contribution in [3.05, 3.63) is 62.6 Å². The van der Waals surface area contributed by atoms with Crippen LogP contribution in [-0.2, 0) is 6.54 Å². The molecule has 0 saturated heterocycles. The second-order valence-electron chi connectivity index (χ2n) is 4.06. The molecule has 0 aliphatic rings. The van der Waals surface area contributed by atoms with Gasteiger partial charge in [-0.1, -0.05) is 46.9 Å². The fraction of sp³-hybridized carbons (Fsp3) is 0.143. The van der Waals surface area contributed by atoms with E-state index in [0.717, 1.165) is 21.8 Å². The highest BCUT2D eigenvalue weighted by atomic mass is 35.5. The second-order valence-corrected chi connectivity index (χ2v) is 5.31. The fourth-order valence-electron chi connectivity index (χ4n) is 1.58. The molecule has 94 valence electrons. The fourth-order valence-corrected chi connectivity index (χ4v) is 2.14. The van der Waals surface area contributed by atoms with Crippen molar-refractivity contribution in [3.8, 4) is 0 Å². The van der Waals surface area contributed by atoms with Gasteiger partial charge >= 0.3 is 0 Å². The van der Waals surface area contributed by atoms with E-state index in [1.54, 1.807) is 18.2 Å². The second kappa shape index (κ2) is 5.83. The summed E-state index contributed by atoms with van der Waals surface area (Å²) < 4.78 is 0. The number of nitrogens with one attached hydrogen (secondary N) is 1. The molecule has 0 heterocycles. The summed E-state index contributed by atoms with van der Waals surface area (Å²) in [5.41, 5.74) is 2.99. The number of halogens is 3. The first kappa shape index (κ1) is 13.5. The predicted molar refractivity (Wildman–Crippen MR) is 80.0 cm³/mol. The molecule has 0 saturated carbocycles. The van der Waals surface area contributed by atoms with Gasteiger partial charge in [0.1, 0.15) is 0 Å². The van der Waals surface area contributed by atoms with Crippen molar-refractivity contribution in [2.24, 2.45) is 0 Å². The maximum atomic E-state index is 6.08. The lowest BCUT2D eigenvalue weighted by atomic mass is 10.1. The maximum Gasteiger partial charge on any atom is 0.0638 e. The number of aryl methyl sites for hydroxylation is 1. The third-order valence-electron chi connectivity index (χ3n) is 2.65. The Bertz CT molecular complexity index is 567. The largest absolute Gasteiger partial charge is 0.380 e. The van der Waals surface area contributed by atoms with Crippen LogP contribution >= 0.6 is 34.8 Å². The first-order chi connectivity index (χ1) is 8.56. The summed E-state index contributed by atoms with van der Waals surface area (Å²) in [7, 11) is 0. The third-order valence-corrected chi connectivity index (χ3v) is 3.62. The van der Waals surface area contributed by atoms with Gasteiger partial charge in [-0.15, -0.1) is 0 Å². The van der Waals surface area contributed by atoms with E-state index in [1.165, 1.54) is 0 Å². The summed E-state index contributed by atoms with van der Waals surface area (Å²) in [6.07, 6.45) is 0. The topological polar surface area (TPSA) is 12.0 Å². The zero-order chi connectivity index (χ0) is 13.1. The van der Waals surface area contributed by atoms with Crippen molar-refractivity contribution in [2.45, 2.75) is 13.5 Å². The minimum Gasteiger partial charge on any atom is -0.380 e. The highest BCUT2D eigenvalue weighted by Crippen LogP contribution is 2.26. The van der Waals surface area contributed by atoms with Gasteiger partial charge in [-0.05, 0) is 42.3 Å². The van der Waals surface area contributed by atoms with Crippen LogP contribution in [0.25, 0.3) is 0 Å². The highest BCUT2D eigenvalue weighted by molar-refractivity contribution is 6.35. The van der Waals surface area contributed by atoms with Crippen molar-refractivity contribution in [1.29, 1.82) is 0 Å². The highest BCUT2D eigenvalue weighted by Gasteiger charge is 2.02. The maximum absolute atomic E-state index is 6.08. The van der Waals surface area contributed by atoms with Crippen molar-refractivity contribution < 1.29 is 0 Å². The molecule has 0 amide bonds. The molecule has 2 rings (SSSR count). The Morgan fingerprint density at radius 3 is 2.44 bits per heavy atom. The third kappa shape index (κ3) is 3.32. The SMILES string of the molecule is Cc1ccc(CNc2cc(Cl)ccc2Cl)cc1Cl. The zero-order valence-corrected chi connectivity index (χ0v) is 12.1. The molecule has 0 radical (unpaired) electrons. The van der Waals surface area contributed by atoms with Crippen molar-refractivity contribution in [1.82, 2.24) is 0 Å². The molecule has 0 aliphatic carbocycles. The van der Waals surface area contributed by atoms with E-state index in [1.807, 2.05) is 25.1 Å². The normalized spacial score (nSPS) is 10.4. The van der Waals surface area contributed by atoms with Crippen LogP contribution < -0.4 is 5.32 Å². The van der Waals surface area contributed by atoms with Crippen molar-refractivity contribution in [2.75, 3.05) is 5.32 Å². The molecule has 18 heavy (non-hydrogen) atoms. The number of hydrogen-bond donors (Lipinski definition) is 1. The van der Waals surface area contributed by atoms with E-state index in [-0.39, 0.29) is 0 Å². The van der Waals surface area contributed by atoms with E-state index in [0.29, 0.717) is 16.6 Å². The molecule has 1 N–H and O–H groups in total. The quantitative estimate of drug-likeness (QED) is 0.781. The summed E-state index contributed by atoms with van der Waals surface area (Å²) in [5.74, 6) is 0. The Morgan fingerprint density at radius 1 is 0.944 bits per heavy atom. The molecule has 0 atom stereocenters. The molecule has 2 aromatic carbocycles. The summed E-state index contributed by atoms with van der Waals surface area (Å²) in [5, 5.41) is 5.32. The van der Waals surface area contributed by atoms with Crippen LogP contribution in [0.3, 0.4) is 0 Å². The van der Waals surface area contributed by atoms with E-state index in [9.17, 15) is 0 Å². The van der Waals surface area contributed by atoms with Crippen molar-refractivity contribution >= 4 is 40.5 Å². The van der Waals surface area contributed by atoms with Gasteiger partial charge in [-0.25, -0.2) is 0 Å². The first-order valence-electron chi connectivity index (χ1n) is 5.50. The monoisotopic (exact) mass is 299 g/mol. The molecule has 0 aliphatic heterocycles. The van der Waals surface area contributed by atoms with E-state index >= 15 is 0 Å². The van der Waals surface area contributed by atoms with Crippen LogP contribution in [0.2, 0.25) is 15.1 Å². The average Bonchev–Trinajstić information content (AvgIpc) is 2.34. The van der Waals surface area contributed by atoms with Gasteiger partial charge in [0.2, 0.25) is 0 Å². The lowest BCUT2D eigenvalue weighted by Gasteiger charge is -2.09. The smallest absolute Gasteiger partial charge is 0.0638 e. The lowest BCUT2D eigenvalue weighted by molar-refractivity contribution is 1.14. The Balaban J connectivity index is 2.11. The Labute approximate surface area is 122 Å². The van der Waals surface area contributed by atoms with Crippen LogP contribution in [0, 0.1) is 6.92 Å². The van der Waals surface area contributed by atoms with Gasteiger partial charge in [0.15, 0.2) is 0 Å². The number of anilines is 1. The molecule has 2 aromatic rings. The molecule has 0 aromatic heterocycles. The van der Waals surface area contributed by atoms with Crippen molar-refractivity contribution in [3.63, 3.8) is 0 Å². The molecule has 0 fully saturated rings. The van der Waals surface area contributed by atoms with Gasteiger partial charge in [0.05, 0.1) is 10.7 Å². The molecule has 0 unspecified atom stereocenters. The zero-order valence-electron chi connectivity index (χ0n) is 9.81. The minimum absolute atomic E-state index is 0.651. The molecular weight excluding hydrogens is 289 g/mol. The molecule has 1 nitrogen and oxygen atoms in total. The Morgan fingerprint density at radius 2 is 1.72 bits per heavy atom. The van der Waals surface area contributed by atoms with Crippen LogP contribution in [0.5, 0.6) is 0 Å². The standard InChI is InChI=1S/C14H12Cl3N/c1-9-2-3-10(6-13(9)17)8-18-14-7-11(15)4-5-12(14)16/h2-7,18H,8H2,1H3. The van der Waals surface area contributed by atoms with Gasteiger partial charge < -0.3 is 5.32 Å². The van der Waals surface area contributed by atoms with E-state index in [4.69, 9.17) is 34.8 Å². The number of hydrogen-bond acceptors (Lipinski definition) is 1. The van der Waals surface area contributed by atoms with Gasteiger partial charge in [0, 0.05) is 16.6 Å². The Hall–Kier alpha value is -0.890. The van der Waals surface area contributed by atoms with Crippen LogP contribution in [0.1, 0.15) is 11.1 Å². The van der Waals surface area contributed by atoms with E-state index < -0.39 is 0 Å². The summed E-state index contributed by atoms with van der Waals surface area (Å²) in [4.78, 5) is 0. The van der Waals surface area contributed by atoms with Crippen LogP contribution in [0.15, 0.2) is 36.4 Å². The molecule has 4 heteroatoms.